The first-order valence-electron chi connectivity index (χ1n) is 10.6. The van der Waals surface area contributed by atoms with Gasteiger partial charge in [0.2, 0.25) is 0 Å². The Morgan fingerprint density at radius 3 is 2.39 bits per heavy atom. The number of aliphatic carboxylic acids is 1. The summed E-state index contributed by atoms with van der Waals surface area (Å²) < 4.78 is 40.3. The zero-order valence-electron chi connectivity index (χ0n) is 17.4. The van der Waals surface area contributed by atoms with Crippen LogP contribution < -0.4 is 0 Å². The first kappa shape index (κ1) is 21.6. The summed E-state index contributed by atoms with van der Waals surface area (Å²) in [5.41, 5.74) is 3.42. The minimum Gasteiger partial charge on any atom is -0.481 e. The molecule has 1 fully saturated rings. The van der Waals surface area contributed by atoms with E-state index >= 15 is 0 Å². The molecular formula is C24H26FNO4S. The summed E-state index contributed by atoms with van der Waals surface area (Å²) in [6.07, 6.45) is 4.50. The molecule has 31 heavy (non-hydrogen) atoms. The van der Waals surface area contributed by atoms with E-state index in [1.807, 2.05) is 6.92 Å². The highest BCUT2D eigenvalue weighted by Crippen LogP contribution is 2.32. The van der Waals surface area contributed by atoms with Crippen LogP contribution in [0.5, 0.6) is 0 Å². The SMILES string of the molecule is Cc1[nH]c2ccc(F)c(CC(=O)O)c2c1Cc1ccc(S(=O)(=O)C2CCCCC2)cc1. The van der Waals surface area contributed by atoms with Crippen molar-refractivity contribution in [3.8, 4) is 0 Å². The maximum absolute atomic E-state index is 14.4. The minimum atomic E-state index is -3.33. The molecule has 3 aromatic rings. The molecule has 7 heteroatoms. The van der Waals surface area contributed by atoms with Gasteiger partial charge in [0, 0.05) is 22.2 Å². The Labute approximate surface area is 181 Å². The van der Waals surface area contributed by atoms with Crippen molar-refractivity contribution in [2.75, 3.05) is 0 Å². The smallest absolute Gasteiger partial charge is 0.307 e. The maximum Gasteiger partial charge on any atom is 0.307 e. The number of aromatic amines is 1. The number of halogens is 1. The molecule has 1 saturated carbocycles. The van der Waals surface area contributed by atoms with Crippen molar-refractivity contribution < 1.29 is 22.7 Å². The third-order valence-corrected chi connectivity index (χ3v) is 8.56. The van der Waals surface area contributed by atoms with Crippen molar-refractivity contribution in [1.82, 2.24) is 4.98 Å². The van der Waals surface area contributed by atoms with Gasteiger partial charge in [-0.2, -0.15) is 0 Å². The van der Waals surface area contributed by atoms with Crippen LogP contribution in [-0.4, -0.2) is 29.7 Å². The average Bonchev–Trinajstić information content (AvgIpc) is 3.06. The first-order chi connectivity index (χ1) is 14.8. The van der Waals surface area contributed by atoms with E-state index in [2.05, 4.69) is 4.98 Å². The molecular weight excluding hydrogens is 417 g/mol. The molecule has 0 aliphatic heterocycles. The van der Waals surface area contributed by atoms with Gasteiger partial charge in [-0.25, -0.2) is 12.8 Å². The molecule has 164 valence electrons. The summed E-state index contributed by atoms with van der Waals surface area (Å²) in [5, 5.41) is 9.51. The second-order valence-electron chi connectivity index (χ2n) is 8.37. The van der Waals surface area contributed by atoms with E-state index in [0.717, 1.165) is 48.9 Å². The number of carbonyl (C=O) groups is 1. The van der Waals surface area contributed by atoms with E-state index in [4.69, 9.17) is 0 Å². The lowest BCUT2D eigenvalue weighted by Gasteiger charge is -2.21. The van der Waals surface area contributed by atoms with Gasteiger partial charge in [0.1, 0.15) is 5.82 Å². The molecule has 2 N–H and O–H groups in total. The number of hydrogen-bond acceptors (Lipinski definition) is 3. The summed E-state index contributed by atoms with van der Waals surface area (Å²) >= 11 is 0. The highest BCUT2D eigenvalue weighted by Gasteiger charge is 2.28. The second kappa shape index (κ2) is 8.46. The molecule has 0 radical (unpaired) electrons. The van der Waals surface area contributed by atoms with E-state index in [-0.39, 0.29) is 10.8 Å². The van der Waals surface area contributed by atoms with Crippen LogP contribution in [0, 0.1) is 12.7 Å². The molecule has 0 spiro atoms. The van der Waals surface area contributed by atoms with Crippen molar-refractivity contribution in [3.63, 3.8) is 0 Å². The summed E-state index contributed by atoms with van der Waals surface area (Å²) in [6.45, 7) is 1.87. The Morgan fingerprint density at radius 1 is 1.06 bits per heavy atom. The van der Waals surface area contributed by atoms with Crippen LogP contribution >= 0.6 is 0 Å². The summed E-state index contributed by atoms with van der Waals surface area (Å²) in [4.78, 5) is 14.8. The third kappa shape index (κ3) is 4.24. The van der Waals surface area contributed by atoms with Crippen LogP contribution in [0.25, 0.3) is 10.9 Å². The van der Waals surface area contributed by atoms with Crippen molar-refractivity contribution in [1.29, 1.82) is 0 Å². The molecule has 1 aromatic heterocycles. The largest absolute Gasteiger partial charge is 0.481 e. The Kier molecular flexibility index (Phi) is 5.88. The molecule has 1 aliphatic rings. The van der Waals surface area contributed by atoms with Gasteiger partial charge in [-0.1, -0.05) is 31.4 Å². The molecule has 1 heterocycles. The van der Waals surface area contributed by atoms with E-state index in [1.54, 1.807) is 30.3 Å². The van der Waals surface area contributed by atoms with Gasteiger partial charge >= 0.3 is 5.97 Å². The number of aryl methyl sites for hydroxylation is 1. The van der Waals surface area contributed by atoms with Gasteiger partial charge in [0.15, 0.2) is 9.84 Å². The number of nitrogens with one attached hydrogen (secondary N) is 1. The molecule has 0 atom stereocenters. The number of aromatic nitrogens is 1. The number of benzene rings is 2. The standard InChI is InChI=1S/C24H26FNO4S/c1-15-19(24-20(14-23(27)28)21(25)11-12-22(24)26-15)13-16-7-9-18(10-8-16)31(29,30)17-5-3-2-4-6-17/h7-12,17,26H,2-6,13-14H2,1H3,(H,27,28). The van der Waals surface area contributed by atoms with E-state index in [0.29, 0.717) is 22.2 Å². The van der Waals surface area contributed by atoms with Crippen molar-refractivity contribution in [3.05, 3.63) is 64.6 Å². The number of hydrogen-bond donors (Lipinski definition) is 2. The maximum atomic E-state index is 14.4. The molecule has 2 aromatic carbocycles. The zero-order valence-corrected chi connectivity index (χ0v) is 18.3. The van der Waals surface area contributed by atoms with E-state index < -0.39 is 28.0 Å². The second-order valence-corrected chi connectivity index (χ2v) is 10.6. The quantitative estimate of drug-likeness (QED) is 0.565. The third-order valence-electron chi connectivity index (χ3n) is 6.28. The summed E-state index contributed by atoms with van der Waals surface area (Å²) in [5.74, 6) is -1.63. The predicted octanol–water partition coefficient (Wildman–Crippen LogP) is 4.94. The lowest BCUT2D eigenvalue weighted by Crippen LogP contribution is -2.24. The van der Waals surface area contributed by atoms with Gasteiger partial charge in [0.05, 0.1) is 16.6 Å². The molecule has 0 saturated heterocycles. The van der Waals surface area contributed by atoms with E-state index in [9.17, 15) is 22.7 Å². The molecule has 5 nitrogen and oxygen atoms in total. The fraction of sp³-hybridized carbons (Fsp3) is 0.375. The van der Waals surface area contributed by atoms with Crippen LogP contribution in [0.15, 0.2) is 41.3 Å². The lowest BCUT2D eigenvalue weighted by molar-refractivity contribution is -0.136. The minimum absolute atomic E-state index is 0.167. The number of rotatable bonds is 6. The van der Waals surface area contributed by atoms with E-state index in [1.165, 1.54) is 6.07 Å². The van der Waals surface area contributed by atoms with Crippen LogP contribution in [0.1, 0.15) is 54.5 Å². The van der Waals surface area contributed by atoms with Gasteiger partial charge in [-0.3, -0.25) is 4.79 Å². The number of carboxylic acid groups (broad SMARTS) is 1. The number of sulfone groups is 1. The highest BCUT2D eigenvalue weighted by molar-refractivity contribution is 7.92. The van der Waals surface area contributed by atoms with Gasteiger partial charge < -0.3 is 10.1 Å². The summed E-state index contributed by atoms with van der Waals surface area (Å²) in [7, 11) is -3.33. The Balaban J connectivity index is 1.66. The zero-order chi connectivity index (χ0) is 22.2. The number of fused-ring (bicyclic) bond motifs is 1. The molecule has 4 rings (SSSR count). The first-order valence-corrected chi connectivity index (χ1v) is 12.1. The van der Waals surface area contributed by atoms with Crippen LogP contribution in [0.3, 0.4) is 0 Å². The lowest BCUT2D eigenvalue weighted by atomic mass is 9.97. The van der Waals surface area contributed by atoms with Gasteiger partial charge in [-0.05, 0) is 61.6 Å². The Hall–Kier alpha value is -2.67. The average molecular weight is 444 g/mol. The van der Waals surface area contributed by atoms with Crippen LogP contribution in [-0.2, 0) is 27.5 Å². The van der Waals surface area contributed by atoms with Gasteiger partial charge in [0.25, 0.3) is 0 Å². The Morgan fingerprint density at radius 2 is 1.74 bits per heavy atom. The summed E-state index contributed by atoms with van der Waals surface area (Å²) in [6, 6.07) is 9.80. The van der Waals surface area contributed by atoms with Crippen molar-refractivity contribution in [2.24, 2.45) is 0 Å². The van der Waals surface area contributed by atoms with Crippen molar-refractivity contribution >= 4 is 26.7 Å². The van der Waals surface area contributed by atoms with Crippen molar-refractivity contribution in [2.45, 2.75) is 62.0 Å². The topological polar surface area (TPSA) is 87.2 Å². The fourth-order valence-electron chi connectivity index (χ4n) is 4.65. The molecule has 0 amide bonds. The number of H-pyrrole nitrogens is 1. The van der Waals surface area contributed by atoms with Crippen LogP contribution in [0.4, 0.5) is 4.39 Å². The normalized spacial score (nSPS) is 15.4. The van der Waals surface area contributed by atoms with Gasteiger partial charge in [-0.15, -0.1) is 0 Å². The molecule has 0 bridgehead atoms. The number of carboxylic acids is 1. The fourth-order valence-corrected chi connectivity index (χ4v) is 6.50. The monoisotopic (exact) mass is 443 g/mol. The van der Waals surface area contributed by atoms with Crippen LogP contribution in [0.2, 0.25) is 0 Å². The predicted molar refractivity (Wildman–Crippen MR) is 118 cm³/mol. The Bertz CT molecular complexity index is 1220. The molecule has 0 unspecified atom stereocenters. The highest BCUT2D eigenvalue weighted by atomic mass is 32.2. The molecule has 1 aliphatic carbocycles.